The Morgan fingerprint density at radius 1 is 1.33 bits per heavy atom. The van der Waals surface area contributed by atoms with Crippen molar-refractivity contribution in [3.63, 3.8) is 0 Å². The number of rotatable bonds is 2. The second-order valence-electron chi connectivity index (χ2n) is 4.85. The van der Waals surface area contributed by atoms with Gasteiger partial charge in [0.1, 0.15) is 0 Å². The molecule has 0 saturated carbocycles. The number of aryl methyl sites for hydroxylation is 2. The highest BCUT2D eigenvalue weighted by molar-refractivity contribution is 5.09. The Hall–Kier alpha value is -0.830. The normalized spacial score (nSPS) is 19.7. The summed E-state index contributed by atoms with van der Waals surface area (Å²) < 4.78 is 2.04. The third kappa shape index (κ3) is 2.59. The minimum Gasteiger partial charge on any atom is -0.306 e. The molecule has 0 radical (unpaired) electrons. The molecule has 1 aliphatic heterocycles. The summed E-state index contributed by atoms with van der Waals surface area (Å²) in [6.45, 7) is 4.57. The lowest BCUT2D eigenvalue weighted by Crippen LogP contribution is -2.31. The minimum absolute atomic E-state index is 0.857. The van der Waals surface area contributed by atoms with Gasteiger partial charge in [0.25, 0.3) is 0 Å². The van der Waals surface area contributed by atoms with Gasteiger partial charge < -0.3 is 4.90 Å². The van der Waals surface area contributed by atoms with Gasteiger partial charge in [-0.1, -0.05) is 0 Å². The number of piperidine rings is 1. The maximum Gasteiger partial charge on any atom is 0.0596 e. The predicted octanol–water partition coefficient (Wildman–Crippen LogP) is 1.61. The smallest absolute Gasteiger partial charge is 0.0596 e. The van der Waals surface area contributed by atoms with Crippen LogP contribution in [-0.4, -0.2) is 34.8 Å². The van der Waals surface area contributed by atoms with Gasteiger partial charge in [0.15, 0.2) is 0 Å². The van der Waals surface area contributed by atoms with E-state index < -0.39 is 0 Å². The molecule has 15 heavy (non-hydrogen) atoms. The van der Waals surface area contributed by atoms with Crippen LogP contribution in [0.3, 0.4) is 0 Å². The first kappa shape index (κ1) is 10.7. The summed E-state index contributed by atoms with van der Waals surface area (Å²) in [6.07, 6.45) is 3.87. The van der Waals surface area contributed by atoms with Crippen LogP contribution < -0.4 is 0 Å². The van der Waals surface area contributed by atoms with Gasteiger partial charge in [-0.25, -0.2) is 0 Å². The number of hydrogen-bond acceptors (Lipinski definition) is 2. The monoisotopic (exact) mass is 207 g/mol. The van der Waals surface area contributed by atoms with E-state index in [9.17, 15) is 0 Å². The molecule has 3 nitrogen and oxygen atoms in total. The summed E-state index contributed by atoms with van der Waals surface area (Å²) in [5, 5.41) is 4.40. The average Bonchev–Trinajstić information content (AvgIpc) is 2.49. The summed E-state index contributed by atoms with van der Waals surface area (Å²) in [5.41, 5.74) is 2.53. The van der Waals surface area contributed by atoms with Crippen LogP contribution in [0.5, 0.6) is 0 Å². The molecule has 0 unspecified atom stereocenters. The van der Waals surface area contributed by atoms with Crippen molar-refractivity contribution in [3.05, 3.63) is 17.5 Å². The standard InChI is InChI=1S/C12H21N3/c1-10-8-12(15(3)13-10)9-11-4-6-14(2)7-5-11/h8,11H,4-7,9H2,1-3H3. The van der Waals surface area contributed by atoms with Crippen LogP contribution in [0, 0.1) is 12.8 Å². The number of aromatic nitrogens is 2. The Kier molecular flexibility index (Phi) is 3.10. The molecule has 0 N–H and O–H groups in total. The van der Waals surface area contributed by atoms with E-state index in [2.05, 4.69) is 37.1 Å². The molecule has 1 aliphatic rings. The number of hydrogen-bond donors (Lipinski definition) is 0. The fraction of sp³-hybridized carbons (Fsp3) is 0.750. The van der Waals surface area contributed by atoms with Crippen molar-refractivity contribution in [3.8, 4) is 0 Å². The van der Waals surface area contributed by atoms with Crippen molar-refractivity contribution >= 4 is 0 Å². The maximum atomic E-state index is 4.40. The van der Waals surface area contributed by atoms with Gasteiger partial charge in [-0.2, -0.15) is 5.10 Å². The van der Waals surface area contributed by atoms with Crippen molar-refractivity contribution in [2.75, 3.05) is 20.1 Å². The Balaban J connectivity index is 1.94. The quantitative estimate of drug-likeness (QED) is 0.734. The number of likely N-dealkylation sites (tertiary alicyclic amines) is 1. The number of nitrogens with zero attached hydrogens (tertiary/aromatic N) is 3. The Labute approximate surface area is 92.1 Å². The Morgan fingerprint density at radius 3 is 2.53 bits per heavy atom. The van der Waals surface area contributed by atoms with Gasteiger partial charge in [-0.3, -0.25) is 4.68 Å². The maximum absolute atomic E-state index is 4.40. The van der Waals surface area contributed by atoms with E-state index in [-0.39, 0.29) is 0 Å². The molecule has 3 heteroatoms. The fourth-order valence-electron chi connectivity index (χ4n) is 2.42. The van der Waals surface area contributed by atoms with Gasteiger partial charge in [-0.15, -0.1) is 0 Å². The molecule has 0 bridgehead atoms. The molecule has 0 aliphatic carbocycles. The molecule has 84 valence electrons. The van der Waals surface area contributed by atoms with Crippen LogP contribution >= 0.6 is 0 Å². The summed E-state index contributed by atoms with van der Waals surface area (Å²) >= 11 is 0. The average molecular weight is 207 g/mol. The SMILES string of the molecule is Cc1cc(CC2CCN(C)CC2)n(C)n1. The van der Waals surface area contributed by atoms with Gasteiger partial charge in [0.2, 0.25) is 0 Å². The van der Waals surface area contributed by atoms with E-state index in [4.69, 9.17) is 0 Å². The summed E-state index contributed by atoms with van der Waals surface area (Å²) in [7, 11) is 4.27. The first-order valence-electron chi connectivity index (χ1n) is 5.83. The van der Waals surface area contributed by atoms with Gasteiger partial charge in [-0.05, 0) is 58.3 Å². The molecule has 0 spiro atoms. The summed E-state index contributed by atoms with van der Waals surface area (Å²) in [5.74, 6) is 0.857. The lowest BCUT2D eigenvalue weighted by Gasteiger charge is -2.28. The second kappa shape index (κ2) is 4.35. The molecule has 0 atom stereocenters. The zero-order valence-corrected chi connectivity index (χ0v) is 10.0. The van der Waals surface area contributed by atoms with Crippen molar-refractivity contribution in [2.45, 2.75) is 26.2 Å². The van der Waals surface area contributed by atoms with Gasteiger partial charge >= 0.3 is 0 Å². The van der Waals surface area contributed by atoms with E-state index >= 15 is 0 Å². The molecule has 0 amide bonds. The lowest BCUT2D eigenvalue weighted by atomic mass is 9.92. The van der Waals surface area contributed by atoms with E-state index in [1.54, 1.807) is 0 Å². The van der Waals surface area contributed by atoms with Crippen LogP contribution in [0.15, 0.2) is 6.07 Å². The predicted molar refractivity (Wildman–Crippen MR) is 61.9 cm³/mol. The highest BCUT2D eigenvalue weighted by atomic mass is 15.3. The lowest BCUT2D eigenvalue weighted by molar-refractivity contribution is 0.217. The van der Waals surface area contributed by atoms with E-state index in [0.29, 0.717) is 0 Å². The van der Waals surface area contributed by atoms with Crippen LogP contribution in [0.4, 0.5) is 0 Å². The fourth-order valence-corrected chi connectivity index (χ4v) is 2.42. The molecule has 0 aromatic carbocycles. The van der Waals surface area contributed by atoms with Crippen molar-refractivity contribution in [1.82, 2.24) is 14.7 Å². The van der Waals surface area contributed by atoms with Crippen LogP contribution in [0.25, 0.3) is 0 Å². The van der Waals surface area contributed by atoms with Crippen LogP contribution in [0.2, 0.25) is 0 Å². The molecule has 2 heterocycles. The first-order chi connectivity index (χ1) is 7.15. The van der Waals surface area contributed by atoms with Crippen LogP contribution in [0.1, 0.15) is 24.2 Å². The molecule has 1 aromatic rings. The highest BCUT2D eigenvalue weighted by Gasteiger charge is 2.18. The van der Waals surface area contributed by atoms with Crippen molar-refractivity contribution in [2.24, 2.45) is 13.0 Å². The third-order valence-corrected chi connectivity index (χ3v) is 3.43. The molecular formula is C12H21N3. The Bertz CT molecular complexity index is 322. The van der Waals surface area contributed by atoms with E-state index in [1.807, 2.05) is 4.68 Å². The Morgan fingerprint density at radius 2 is 2.00 bits per heavy atom. The van der Waals surface area contributed by atoms with E-state index in [0.717, 1.165) is 11.6 Å². The largest absolute Gasteiger partial charge is 0.306 e. The third-order valence-electron chi connectivity index (χ3n) is 3.43. The molecule has 2 rings (SSSR count). The van der Waals surface area contributed by atoms with Gasteiger partial charge in [0.05, 0.1) is 5.69 Å². The van der Waals surface area contributed by atoms with Gasteiger partial charge in [0, 0.05) is 12.7 Å². The highest BCUT2D eigenvalue weighted by Crippen LogP contribution is 2.20. The molecular weight excluding hydrogens is 186 g/mol. The molecule has 1 fully saturated rings. The second-order valence-corrected chi connectivity index (χ2v) is 4.85. The van der Waals surface area contributed by atoms with Crippen LogP contribution in [-0.2, 0) is 13.5 Å². The molecule has 1 aromatic heterocycles. The molecule has 1 saturated heterocycles. The zero-order chi connectivity index (χ0) is 10.8. The van der Waals surface area contributed by atoms with E-state index in [1.165, 1.54) is 38.0 Å². The first-order valence-corrected chi connectivity index (χ1v) is 5.83. The van der Waals surface area contributed by atoms with Crippen molar-refractivity contribution in [1.29, 1.82) is 0 Å². The van der Waals surface area contributed by atoms with Crippen molar-refractivity contribution < 1.29 is 0 Å². The zero-order valence-electron chi connectivity index (χ0n) is 10.0. The minimum atomic E-state index is 0.857. The summed E-state index contributed by atoms with van der Waals surface area (Å²) in [6, 6.07) is 2.22. The summed E-state index contributed by atoms with van der Waals surface area (Å²) in [4.78, 5) is 2.42. The topological polar surface area (TPSA) is 21.1 Å².